The van der Waals surface area contributed by atoms with E-state index in [0.717, 1.165) is 51.4 Å². The highest BCUT2D eigenvalue weighted by atomic mass is 16.5. The number of hydrogen-bond donors (Lipinski definition) is 0. The molecule has 126 valence electrons. The van der Waals surface area contributed by atoms with E-state index in [-0.39, 0.29) is 5.91 Å². The standard InChI is InChI=1S/C17H26N4O2/c1-12(2)21-16-10-20(13-5-7-23-11-13)8-14(16)15(18-21)9-19-6-3-4-17(19)22/h12-13H,3-11H2,1-2H3. The van der Waals surface area contributed by atoms with Gasteiger partial charge in [0.15, 0.2) is 0 Å². The van der Waals surface area contributed by atoms with Gasteiger partial charge in [-0.3, -0.25) is 14.4 Å². The molecule has 0 spiro atoms. The monoisotopic (exact) mass is 318 g/mol. The summed E-state index contributed by atoms with van der Waals surface area (Å²) in [5.41, 5.74) is 3.80. The summed E-state index contributed by atoms with van der Waals surface area (Å²) in [6, 6.07) is 0.885. The van der Waals surface area contributed by atoms with Gasteiger partial charge in [0.2, 0.25) is 5.91 Å². The van der Waals surface area contributed by atoms with E-state index in [4.69, 9.17) is 9.84 Å². The van der Waals surface area contributed by atoms with Crippen molar-refractivity contribution in [2.75, 3.05) is 19.8 Å². The zero-order valence-electron chi connectivity index (χ0n) is 14.1. The topological polar surface area (TPSA) is 50.6 Å². The number of rotatable bonds is 4. The largest absolute Gasteiger partial charge is 0.380 e. The minimum Gasteiger partial charge on any atom is -0.380 e. The van der Waals surface area contributed by atoms with Gasteiger partial charge in [-0.1, -0.05) is 0 Å². The molecule has 2 saturated heterocycles. The number of amides is 1. The summed E-state index contributed by atoms with van der Waals surface area (Å²) in [4.78, 5) is 16.4. The number of carbonyl (C=O) groups is 1. The van der Waals surface area contributed by atoms with Crippen LogP contribution in [0.5, 0.6) is 0 Å². The summed E-state index contributed by atoms with van der Waals surface area (Å²) in [7, 11) is 0. The lowest BCUT2D eigenvalue weighted by Crippen LogP contribution is -2.32. The molecule has 0 bridgehead atoms. The Morgan fingerprint density at radius 3 is 2.87 bits per heavy atom. The molecule has 4 heterocycles. The highest BCUT2D eigenvalue weighted by Crippen LogP contribution is 2.32. The molecule has 1 amide bonds. The maximum Gasteiger partial charge on any atom is 0.222 e. The van der Waals surface area contributed by atoms with Crippen LogP contribution >= 0.6 is 0 Å². The van der Waals surface area contributed by atoms with Crippen molar-refractivity contribution in [2.24, 2.45) is 0 Å². The first-order valence-corrected chi connectivity index (χ1v) is 8.82. The number of carbonyl (C=O) groups excluding carboxylic acids is 1. The number of likely N-dealkylation sites (tertiary alicyclic amines) is 1. The van der Waals surface area contributed by atoms with Crippen LogP contribution in [0.4, 0.5) is 0 Å². The third kappa shape index (κ3) is 2.68. The Bertz CT molecular complexity index is 604. The lowest BCUT2D eigenvalue weighted by atomic mass is 10.2. The summed E-state index contributed by atoms with van der Waals surface area (Å²) >= 11 is 0. The van der Waals surface area contributed by atoms with E-state index in [2.05, 4.69) is 23.4 Å². The fourth-order valence-electron chi connectivity index (χ4n) is 4.03. The van der Waals surface area contributed by atoms with Crippen LogP contribution in [0.25, 0.3) is 0 Å². The van der Waals surface area contributed by atoms with E-state index in [9.17, 15) is 4.79 Å². The summed E-state index contributed by atoms with van der Waals surface area (Å²) in [6.07, 6.45) is 2.80. The van der Waals surface area contributed by atoms with Gasteiger partial charge in [-0.2, -0.15) is 5.10 Å². The predicted octanol–water partition coefficient (Wildman–Crippen LogP) is 1.69. The van der Waals surface area contributed by atoms with Gasteiger partial charge in [-0.25, -0.2) is 0 Å². The highest BCUT2D eigenvalue weighted by Gasteiger charge is 2.34. The van der Waals surface area contributed by atoms with Gasteiger partial charge in [-0.15, -0.1) is 0 Å². The summed E-state index contributed by atoms with van der Waals surface area (Å²) in [5, 5.41) is 4.86. The van der Waals surface area contributed by atoms with Gasteiger partial charge in [-0.05, 0) is 26.7 Å². The van der Waals surface area contributed by atoms with Crippen LogP contribution in [-0.2, 0) is 29.2 Å². The molecule has 0 aliphatic carbocycles. The van der Waals surface area contributed by atoms with Crippen LogP contribution in [0.15, 0.2) is 0 Å². The average molecular weight is 318 g/mol. The molecule has 3 aliphatic heterocycles. The number of ether oxygens (including phenoxy) is 1. The predicted molar refractivity (Wildman–Crippen MR) is 85.7 cm³/mol. The second-order valence-electron chi connectivity index (χ2n) is 7.25. The van der Waals surface area contributed by atoms with Gasteiger partial charge in [0.25, 0.3) is 0 Å². The van der Waals surface area contributed by atoms with Crippen LogP contribution in [0.2, 0.25) is 0 Å². The van der Waals surface area contributed by atoms with Gasteiger partial charge >= 0.3 is 0 Å². The molecule has 4 rings (SSSR count). The lowest BCUT2D eigenvalue weighted by molar-refractivity contribution is -0.128. The Labute approximate surface area is 137 Å². The van der Waals surface area contributed by atoms with Crippen molar-refractivity contribution in [1.29, 1.82) is 0 Å². The summed E-state index contributed by atoms with van der Waals surface area (Å²) in [5.74, 6) is 0.275. The minimum absolute atomic E-state index is 0.275. The van der Waals surface area contributed by atoms with E-state index in [1.807, 2.05) is 4.90 Å². The van der Waals surface area contributed by atoms with Crippen molar-refractivity contribution in [3.05, 3.63) is 17.0 Å². The Morgan fingerprint density at radius 1 is 1.35 bits per heavy atom. The first kappa shape index (κ1) is 15.1. The molecule has 1 aromatic heterocycles. The molecule has 1 aromatic rings. The third-order valence-corrected chi connectivity index (χ3v) is 5.34. The first-order chi connectivity index (χ1) is 11.1. The van der Waals surface area contributed by atoms with Crippen molar-refractivity contribution < 1.29 is 9.53 Å². The number of aromatic nitrogens is 2. The summed E-state index contributed by atoms with van der Waals surface area (Å²) in [6.45, 7) is 9.55. The van der Waals surface area contributed by atoms with Crippen LogP contribution in [0.1, 0.15) is 56.1 Å². The molecule has 0 N–H and O–H groups in total. The zero-order chi connectivity index (χ0) is 16.0. The average Bonchev–Trinajstić information content (AvgIpc) is 3.25. The second-order valence-corrected chi connectivity index (χ2v) is 7.25. The Kier molecular flexibility index (Phi) is 3.89. The molecule has 23 heavy (non-hydrogen) atoms. The summed E-state index contributed by atoms with van der Waals surface area (Å²) < 4.78 is 7.73. The first-order valence-electron chi connectivity index (χ1n) is 8.82. The molecule has 0 radical (unpaired) electrons. The molecule has 6 heteroatoms. The molecular weight excluding hydrogens is 292 g/mol. The molecule has 1 atom stereocenters. The quantitative estimate of drug-likeness (QED) is 0.848. The van der Waals surface area contributed by atoms with Crippen LogP contribution in [0.3, 0.4) is 0 Å². The van der Waals surface area contributed by atoms with Gasteiger partial charge in [0.1, 0.15) is 0 Å². The molecule has 0 saturated carbocycles. The zero-order valence-corrected chi connectivity index (χ0v) is 14.1. The molecular formula is C17H26N4O2. The number of nitrogens with zero attached hydrogens (tertiary/aromatic N) is 4. The van der Waals surface area contributed by atoms with E-state index < -0.39 is 0 Å². The Morgan fingerprint density at radius 2 is 2.22 bits per heavy atom. The van der Waals surface area contributed by atoms with Crippen molar-refractivity contribution in [3.63, 3.8) is 0 Å². The molecule has 2 fully saturated rings. The molecule has 1 unspecified atom stereocenters. The van der Waals surface area contributed by atoms with Crippen LogP contribution in [-0.4, -0.2) is 51.3 Å². The van der Waals surface area contributed by atoms with Crippen molar-refractivity contribution in [1.82, 2.24) is 19.6 Å². The normalized spacial score (nSPS) is 25.1. The van der Waals surface area contributed by atoms with Crippen LogP contribution in [0, 0.1) is 0 Å². The Hall–Kier alpha value is -1.40. The number of fused-ring (bicyclic) bond motifs is 1. The molecule has 0 aromatic carbocycles. The van der Waals surface area contributed by atoms with Crippen molar-refractivity contribution in [3.8, 4) is 0 Å². The van der Waals surface area contributed by atoms with Gasteiger partial charge in [0.05, 0.1) is 24.5 Å². The van der Waals surface area contributed by atoms with E-state index in [1.54, 1.807) is 0 Å². The molecule has 6 nitrogen and oxygen atoms in total. The van der Waals surface area contributed by atoms with Gasteiger partial charge in [0, 0.05) is 50.3 Å². The molecule has 3 aliphatic rings. The van der Waals surface area contributed by atoms with E-state index >= 15 is 0 Å². The maximum absolute atomic E-state index is 12.0. The van der Waals surface area contributed by atoms with E-state index in [0.29, 0.717) is 25.0 Å². The fourth-order valence-corrected chi connectivity index (χ4v) is 4.03. The van der Waals surface area contributed by atoms with Crippen LogP contribution < -0.4 is 0 Å². The SMILES string of the molecule is CC(C)n1nc(CN2CCCC2=O)c2c1CN(C1CCOC1)C2. The van der Waals surface area contributed by atoms with E-state index in [1.165, 1.54) is 11.3 Å². The third-order valence-electron chi connectivity index (χ3n) is 5.34. The van der Waals surface area contributed by atoms with Gasteiger partial charge < -0.3 is 9.64 Å². The fraction of sp³-hybridized carbons (Fsp3) is 0.765. The number of hydrogen-bond acceptors (Lipinski definition) is 4. The lowest BCUT2D eigenvalue weighted by Gasteiger charge is -2.23. The Balaban J connectivity index is 1.59. The minimum atomic E-state index is 0.275. The van der Waals surface area contributed by atoms with Crippen molar-refractivity contribution >= 4 is 5.91 Å². The van der Waals surface area contributed by atoms with Crippen molar-refractivity contribution in [2.45, 2.75) is 64.8 Å². The maximum atomic E-state index is 12.0. The smallest absolute Gasteiger partial charge is 0.222 e. The highest BCUT2D eigenvalue weighted by molar-refractivity contribution is 5.78. The second kappa shape index (κ2) is 5.91.